The Bertz CT molecular complexity index is 1170. The number of carbonyl (C=O) groups is 1. The minimum atomic E-state index is -0.431. The van der Waals surface area contributed by atoms with Crippen molar-refractivity contribution in [3.05, 3.63) is 82.5 Å². The average molecular weight is 408 g/mol. The zero-order valence-electron chi connectivity index (χ0n) is 15.0. The summed E-state index contributed by atoms with van der Waals surface area (Å²) in [5.74, 6) is -0.142. The standard InChI is InChI=1S/C21H17N3O2S2/c1-14(18(25)22-15-8-4-2-5-9-15)28-21-23-19-17(12-13-27-19)20(26)24(21)16-10-6-3-7-11-16/h2-14H,1H3,(H,22,25)/t14-/m0/s1. The zero-order chi connectivity index (χ0) is 19.5. The SMILES string of the molecule is C[C@H](Sc1nc2sccc2c(=O)n1-c1ccccc1)C(=O)Nc1ccccc1. The van der Waals surface area contributed by atoms with Crippen LogP contribution in [0.15, 0.2) is 82.1 Å². The van der Waals surface area contributed by atoms with Crippen LogP contribution in [0.3, 0.4) is 0 Å². The van der Waals surface area contributed by atoms with E-state index < -0.39 is 5.25 Å². The molecule has 4 rings (SSSR count). The smallest absolute Gasteiger partial charge is 0.267 e. The van der Waals surface area contributed by atoms with Crippen LogP contribution in [-0.4, -0.2) is 20.7 Å². The first-order valence-electron chi connectivity index (χ1n) is 8.72. The number of fused-ring (bicyclic) bond motifs is 1. The monoisotopic (exact) mass is 407 g/mol. The number of aromatic nitrogens is 2. The number of rotatable bonds is 5. The van der Waals surface area contributed by atoms with Gasteiger partial charge < -0.3 is 5.32 Å². The second-order valence-corrected chi connectivity index (χ2v) is 8.33. The van der Waals surface area contributed by atoms with Crippen LogP contribution in [0.25, 0.3) is 15.9 Å². The van der Waals surface area contributed by atoms with Gasteiger partial charge in [-0.2, -0.15) is 0 Å². The maximum Gasteiger partial charge on any atom is 0.267 e. The van der Waals surface area contributed by atoms with Crippen LogP contribution in [0.5, 0.6) is 0 Å². The lowest BCUT2D eigenvalue weighted by molar-refractivity contribution is -0.115. The Balaban J connectivity index is 1.69. The van der Waals surface area contributed by atoms with Crippen LogP contribution in [0, 0.1) is 0 Å². The molecule has 2 heterocycles. The van der Waals surface area contributed by atoms with Crippen LogP contribution in [0.1, 0.15) is 6.92 Å². The lowest BCUT2D eigenvalue weighted by Gasteiger charge is -2.15. The van der Waals surface area contributed by atoms with E-state index in [1.54, 1.807) is 10.6 Å². The molecule has 1 atom stereocenters. The molecule has 4 aromatic rings. The van der Waals surface area contributed by atoms with Gasteiger partial charge in [0.2, 0.25) is 5.91 Å². The van der Waals surface area contributed by atoms with Crippen molar-refractivity contribution in [3.8, 4) is 5.69 Å². The molecule has 1 amide bonds. The van der Waals surface area contributed by atoms with Gasteiger partial charge in [0.15, 0.2) is 5.16 Å². The number of anilines is 1. The normalized spacial score (nSPS) is 12.0. The summed E-state index contributed by atoms with van der Waals surface area (Å²) >= 11 is 2.69. The fourth-order valence-corrected chi connectivity index (χ4v) is 4.49. The van der Waals surface area contributed by atoms with Crippen molar-refractivity contribution >= 4 is 44.9 Å². The summed E-state index contributed by atoms with van der Waals surface area (Å²) in [6.07, 6.45) is 0. The Kier molecular flexibility index (Phi) is 5.27. The predicted octanol–water partition coefficient (Wildman–Crippen LogP) is 4.57. The van der Waals surface area contributed by atoms with Gasteiger partial charge in [0.05, 0.1) is 16.3 Å². The van der Waals surface area contributed by atoms with Crippen LogP contribution in [0.2, 0.25) is 0 Å². The first-order valence-corrected chi connectivity index (χ1v) is 10.5. The van der Waals surface area contributed by atoms with Gasteiger partial charge in [-0.25, -0.2) is 4.98 Å². The number of hydrogen-bond acceptors (Lipinski definition) is 5. The topological polar surface area (TPSA) is 64.0 Å². The highest BCUT2D eigenvalue weighted by molar-refractivity contribution is 8.00. The van der Waals surface area contributed by atoms with Gasteiger partial charge >= 0.3 is 0 Å². The molecule has 0 saturated carbocycles. The van der Waals surface area contributed by atoms with Gasteiger partial charge in [-0.1, -0.05) is 48.2 Å². The zero-order valence-corrected chi connectivity index (χ0v) is 16.7. The van der Waals surface area contributed by atoms with E-state index >= 15 is 0 Å². The van der Waals surface area contributed by atoms with Gasteiger partial charge in [0, 0.05) is 5.69 Å². The molecule has 7 heteroatoms. The van der Waals surface area contributed by atoms with Crippen LogP contribution < -0.4 is 10.9 Å². The van der Waals surface area contributed by atoms with E-state index in [9.17, 15) is 9.59 Å². The number of thioether (sulfide) groups is 1. The van der Waals surface area contributed by atoms with Crippen molar-refractivity contribution in [2.45, 2.75) is 17.3 Å². The van der Waals surface area contributed by atoms with Crippen LogP contribution in [-0.2, 0) is 4.79 Å². The molecule has 0 spiro atoms. The number of carbonyl (C=O) groups excluding carboxylic acids is 1. The van der Waals surface area contributed by atoms with Gasteiger partial charge in [-0.3, -0.25) is 14.2 Å². The third kappa shape index (κ3) is 3.72. The van der Waals surface area contributed by atoms with Crippen molar-refractivity contribution in [3.63, 3.8) is 0 Å². The minimum Gasteiger partial charge on any atom is -0.325 e. The fraction of sp³-hybridized carbons (Fsp3) is 0.0952. The Morgan fingerprint density at radius 2 is 1.75 bits per heavy atom. The van der Waals surface area contributed by atoms with Crippen molar-refractivity contribution in [1.82, 2.24) is 9.55 Å². The highest BCUT2D eigenvalue weighted by Crippen LogP contribution is 2.27. The first-order chi connectivity index (χ1) is 13.6. The number of nitrogens with one attached hydrogen (secondary N) is 1. The Labute approximate surface area is 170 Å². The molecule has 5 nitrogen and oxygen atoms in total. The second-order valence-electron chi connectivity index (χ2n) is 6.13. The minimum absolute atomic E-state index is 0.129. The van der Waals surface area contributed by atoms with Gasteiger partial charge in [0.25, 0.3) is 5.56 Å². The lowest BCUT2D eigenvalue weighted by atomic mass is 10.3. The molecule has 28 heavy (non-hydrogen) atoms. The number of para-hydroxylation sites is 2. The molecule has 2 aromatic carbocycles. The predicted molar refractivity (Wildman–Crippen MR) is 116 cm³/mol. The highest BCUT2D eigenvalue weighted by Gasteiger charge is 2.20. The average Bonchev–Trinajstić information content (AvgIpc) is 3.18. The highest BCUT2D eigenvalue weighted by atomic mass is 32.2. The molecule has 0 saturated heterocycles. The van der Waals surface area contributed by atoms with E-state index in [0.29, 0.717) is 15.4 Å². The molecule has 0 aliphatic carbocycles. The summed E-state index contributed by atoms with van der Waals surface area (Å²) in [5, 5.41) is 5.40. The van der Waals surface area contributed by atoms with E-state index in [-0.39, 0.29) is 11.5 Å². The van der Waals surface area contributed by atoms with E-state index in [1.807, 2.05) is 73.0 Å². The van der Waals surface area contributed by atoms with Crippen LogP contribution >= 0.6 is 23.1 Å². The number of nitrogens with zero attached hydrogens (tertiary/aromatic N) is 2. The lowest BCUT2D eigenvalue weighted by Crippen LogP contribution is -2.26. The summed E-state index contributed by atoms with van der Waals surface area (Å²) in [7, 11) is 0. The molecule has 0 aliphatic heterocycles. The van der Waals surface area contributed by atoms with Crippen molar-refractivity contribution in [2.24, 2.45) is 0 Å². The molecular weight excluding hydrogens is 390 g/mol. The van der Waals surface area contributed by atoms with E-state index in [4.69, 9.17) is 0 Å². The number of hydrogen-bond donors (Lipinski definition) is 1. The van der Waals surface area contributed by atoms with Gasteiger partial charge in [-0.15, -0.1) is 11.3 Å². The summed E-state index contributed by atoms with van der Waals surface area (Å²) in [6.45, 7) is 1.81. The van der Waals surface area contributed by atoms with Crippen LogP contribution in [0.4, 0.5) is 5.69 Å². The number of amides is 1. The molecule has 1 N–H and O–H groups in total. The largest absolute Gasteiger partial charge is 0.325 e. The molecule has 0 unspecified atom stereocenters. The third-order valence-electron chi connectivity index (χ3n) is 4.17. The second kappa shape index (κ2) is 8.00. The molecule has 2 aromatic heterocycles. The van der Waals surface area contributed by atoms with E-state index in [2.05, 4.69) is 10.3 Å². The third-order valence-corrected chi connectivity index (χ3v) is 6.03. The van der Waals surface area contributed by atoms with Gasteiger partial charge in [0.1, 0.15) is 4.83 Å². The quantitative estimate of drug-likeness (QED) is 0.389. The summed E-state index contributed by atoms with van der Waals surface area (Å²) in [5.41, 5.74) is 1.34. The molecule has 0 radical (unpaired) electrons. The maximum atomic E-state index is 13.1. The summed E-state index contributed by atoms with van der Waals surface area (Å²) in [4.78, 5) is 31.0. The summed E-state index contributed by atoms with van der Waals surface area (Å²) < 4.78 is 1.58. The molecular formula is C21H17N3O2S2. The molecule has 0 aliphatic rings. The van der Waals surface area contributed by atoms with Crippen molar-refractivity contribution in [1.29, 1.82) is 0 Å². The Morgan fingerprint density at radius 3 is 2.46 bits per heavy atom. The van der Waals surface area contributed by atoms with Crippen molar-refractivity contribution < 1.29 is 4.79 Å². The van der Waals surface area contributed by atoms with E-state index in [0.717, 1.165) is 11.4 Å². The summed E-state index contributed by atoms with van der Waals surface area (Å²) in [6, 6.07) is 20.5. The molecule has 140 valence electrons. The maximum absolute atomic E-state index is 13.1. The van der Waals surface area contributed by atoms with E-state index in [1.165, 1.54) is 23.1 Å². The number of thiophene rings is 1. The Morgan fingerprint density at radius 1 is 1.07 bits per heavy atom. The molecule has 0 fully saturated rings. The Hall–Kier alpha value is -2.90. The first kappa shape index (κ1) is 18.5. The van der Waals surface area contributed by atoms with Crippen molar-refractivity contribution in [2.75, 3.05) is 5.32 Å². The fourth-order valence-electron chi connectivity index (χ4n) is 2.76. The number of benzene rings is 2. The van der Waals surface area contributed by atoms with Gasteiger partial charge in [-0.05, 0) is 42.6 Å². The molecule has 0 bridgehead atoms.